The van der Waals surface area contributed by atoms with E-state index in [2.05, 4.69) is 19.9 Å². The highest BCUT2D eigenvalue weighted by Crippen LogP contribution is 2.21. The molecular formula is C10H10ClN5S. The second-order valence-electron chi connectivity index (χ2n) is 3.34. The number of nitrogens with zero attached hydrogens (tertiary/aromatic N) is 4. The fourth-order valence-corrected chi connectivity index (χ4v) is 2.21. The molecule has 0 fully saturated rings. The molecule has 2 N–H and O–H groups in total. The van der Waals surface area contributed by atoms with Crippen LogP contribution in [0, 0.1) is 6.92 Å². The maximum atomic E-state index is 5.79. The Morgan fingerprint density at radius 3 is 2.82 bits per heavy atom. The summed E-state index contributed by atoms with van der Waals surface area (Å²) in [5, 5.41) is 0.894. The molecule has 0 saturated heterocycles. The molecule has 2 aromatic heterocycles. The van der Waals surface area contributed by atoms with Gasteiger partial charge < -0.3 is 5.73 Å². The van der Waals surface area contributed by atoms with Gasteiger partial charge in [0.05, 0.1) is 5.69 Å². The molecule has 0 aliphatic heterocycles. The van der Waals surface area contributed by atoms with Gasteiger partial charge >= 0.3 is 0 Å². The lowest BCUT2D eigenvalue weighted by atomic mass is 10.4. The van der Waals surface area contributed by atoms with E-state index in [1.807, 2.05) is 13.0 Å². The van der Waals surface area contributed by atoms with E-state index in [0.29, 0.717) is 21.9 Å². The third kappa shape index (κ3) is 3.54. The largest absolute Gasteiger partial charge is 0.384 e. The first-order valence-corrected chi connectivity index (χ1v) is 6.20. The summed E-state index contributed by atoms with van der Waals surface area (Å²) in [7, 11) is 0. The highest BCUT2D eigenvalue weighted by atomic mass is 35.5. The molecule has 0 radical (unpaired) electrons. The summed E-state index contributed by atoms with van der Waals surface area (Å²) >= 11 is 7.22. The molecule has 5 nitrogen and oxygen atoms in total. The Hall–Kier alpha value is -1.40. The topological polar surface area (TPSA) is 77.6 Å². The van der Waals surface area contributed by atoms with Gasteiger partial charge in [-0.15, -0.1) is 0 Å². The van der Waals surface area contributed by atoms with Gasteiger partial charge in [0.2, 0.25) is 0 Å². The highest BCUT2D eigenvalue weighted by Gasteiger charge is 2.03. The molecule has 0 atom stereocenters. The quantitative estimate of drug-likeness (QED) is 0.521. The van der Waals surface area contributed by atoms with Gasteiger partial charge in [-0.2, -0.15) is 0 Å². The Morgan fingerprint density at radius 1 is 1.29 bits per heavy atom. The first-order valence-electron chi connectivity index (χ1n) is 4.84. The number of nitrogen functional groups attached to an aromatic ring is 1. The van der Waals surface area contributed by atoms with Gasteiger partial charge in [0.1, 0.15) is 17.3 Å². The van der Waals surface area contributed by atoms with Crippen molar-refractivity contribution in [3.8, 4) is 0 Å². The number of hydrogen-bond acceptors (Lipinski definition) is 6. The van der Waals surface area contributed by atoms with E-state index >= 15 is 0 Å². The van der Waals surface area contributed by atoms with Crippen LogP contribution in [0.15, 0.2) is 23.6 Å². The Morgan fingerprint density at radius 2 is 2.12 bits per heavy atom. The molecule has 17 heavy (non-hydrogen) atoms. The van der Waals surface area contributed by atoms with Crippen molar-refractivity contribution in [3.63, 3.8) is 0 Å². The summed E-state index contributed by atoms with van der Waals surface area (Å²) in [5.41, 5.74) is 7.43. The minimum atomic E-state index is 0.346. The van der Waals surface area contributed by atoms with Crippen LogP contribution in [-0.4, -0.2) is 19.9 Å². The predicted octanol–water partition coefficient (Wildman–Crippen LogP) is 2.10. The first-order chi connectivity index (χ1) is 8.13. The fraction of sp³-hybridized carbons (Fsp3) is 0.200. The normalized spacial score (nSPS) is 10.5. The van der Waals surface area contributed by atoms with Crippen molar-refractivity contribution in [1.82, 2.24) is 19.9 Å². The summed E-state index contributed by atoms with van der Waals surface area (Å²) in [6.45, 7) is 1.92. The van der Waals surface area contributed by atoms with E-state index in [-0.39, 0.29) is 0 Å². The smallest absolute Gasteiger partial charge is 0.191 e. The van der Waals surface area contributed by atoms with E-state index in [4.69, 9.17) is 17.3 Å². The third-order valence-corrected chi connectivity index (χ3v) is 2.98. The number of hydrogen-bond donors (Lipinski definition) is 1. The molecule has 88 valence electrons. The van der Waals surface area contributed by atoms with E-state index in [0.717, 1.165) is 11.4 Å². The summed E-state index contributed by atoms with van der Waals surface area (Å²) < 4.78 is 0. The SMILES string of the molecule is Cc1cc(CSc2nc(N)cc(Cl)n2)ncn1. The predicted molar refractivity (Wildman–Crippen MR) is 67.8 cm³/mol. The van der Waals surface area contributed by atoms with Gasteiger partial charge in [-0.1, -0.05) is 23.4 Å². The van der Waals surface area contributed by atoms with Crippen molar-refractivity contribution in [1.29, 1.82) is 0 Å². The maximum Gasteiger partial charge on any atom is 0.191 e. The van der Waals surface area contributed by atoms with E-state index in [1.165, 1.54) is 17.8 Å². The lowest BCUT2D eigenvalue weighted by molar-refractivity contribution is 0.970. The van der Waals surface area contributed by atoms with Crippen molar-refractivity contribution in [2.24, 2.45) is 0 Å². The van der Waals surface area contributed by atoms with Crippen molar-refractivity contribution in [2.45, 2.75) is 17.8 Å². The number of anilines is 1. The zero-order valence-corrected chi connectivity index (χ0v) is 10.7. The van der Waals surface area contributed by atoms with Crippen molar-refractivity contribution in [3.05, 3.63) is 35.0 Å². The molecule has 0 saturated carbocycles. The minimum absolute atomic E-state index is 0.346. The molecule has 0 unspecified atom stereocenters. The van der Waals surface area contributed by atoms with Gasteiger partial charge in [0.15, 0.2) is 5.16 Å². The summed E-state index contributed by atoms with van der Waals surface area (Å²) in [5.74, 6) is 1.02. The van der Waals surface area contributed by atoms with Crippen LogP contribution in [0.1, 0.15) is 11.4 Å². The molecule has 7 heteroatoms. The van der Waals surface area contributed by atoms with E-state index in [9.17, 15) is 0 Å². The number of aryl methyl sites for hydroxylation is 1. The summed E-state index contributed by atoms with van der Waals surface area (Å²) in [6.07, 6.45) is 1.54. The Balaban J connectivity index is 2.07. The Labute approximate surface area is 108 Å². The molecule has 0 bridgehead atoms. The molecule has 2 rings (SSSR count). The standard InChI is InChI=1S/C10H10ClN5S/c1-6-2-7(14-5-13-6)4-17-10-15-8(11)3-9(12)16-10/h2-3,5H,4H2,1H3,(H2,12,15,16). The molecule has 0 amide bonds. The van der Waals surface area contributed by atoms with Crippen LogP contribution >= 0.6 is 23.4 Å². The van der Waals surface area contributed by atoms with Crippen LogP contribution < -0.4 is 5.73 Å². The molecule has 0 aliphatic carbocycles. The first kappa shape index (κ1) is 12.1. The van der Waals surface area contributed by atoms with Crippen molar-refractivity contribution < 1.29 is 0 Å². The van der Waals surface area contributed by atoms with Gasteiger partial charge in [0.25, 0.3) is 0 Å². The van der Waals surface area contributed by atoms with E-state index in [1.54, 1.807) is 6.33 Å². The van der Waals surface area contributed by atoms with Gasteiger partial charge in [-0.25, -0.2) is 19.9 Å². The molecule has 0 aliphatic rings. The van der Waals surface area contributed by atoms with Crippen LogP contribution in [0.4, 0.5) is 5.82 Å². The second-order valence-corrected chi connectivity index (χ2v) is 4.67. The molecule has 0 spiro atoms. The number of rotatable bonds is 3. The minimum Gasteiger partial charge on any atom is -0.384 e. The monoisotopic (exact) mass is 267 g/mol. The average Bonchev–Trinajstić information content (AvgIpc) is 2.25. The molecule has 2 aromatic rings. The van der Waals surface area contributed by atoms with Crippen LogP contribution in [-0.2, 0) is 5.75 Å². The van der Waals surface area contributed by atoms with Crippen LogP contribution in [0.5, 0.6) is 0 Å². The molecule has 0 aromatic carbocycles. The van der Waals surface area contributed by atoms with Crippen LogP contribution in [0.2, 0.25) is 5.15 Å². The van der Waals surface area contributed by atoms with E-state index < -0.39 is 0 Å². The number of halogens is 1. The van der Waals surface area contributed by atoms with Crippen LogP contribution in [0.25, 0.3) is 0 Å². The Kier molecular flexibility index (Phi) is 3.75. The van der Waals surface area contributed by atoms with Crippen LogP contribution in [0.3, 0.4) is 0 Å². The van der Waals surface area contributed by atoms with Gasteiger partial charge in [-0.05, 0) is 13.0 Å². The average molecular weight is 268 g/mol. The lowest BCUT2D eigenvalue weighted by Crippen LogP contribution is -1.96. The van der Waals surface area contributed by atoms with Crippen molar-refractivity contribution >= 4 is 29.2 Å². The zero-order chi connectivity index (χ0) is 12.3. The number of nitrogens with two attached hydrogens (primary N) is 1. The molecular weight excluding hydrogens is 258 g/mol. The third-order valence-electron chi connectivity index (χ3n) is 1.90. The Bertz CT molecular complexity index is 514. The molecule has 2 heterocycles. The van der Waals surface area contributed by atoms with Gasteiger partial charge in [-0.3, -0.25) is 0 Å². The summed E-state index contributed by atoms with van der Waals surface area (Å²) in [4.78, 5) is 16.3. The maximum absolute atomic E-state index is 5.79. The lowest BCUT2D eigenvalue weighted by Gasteiger charge is -2.02. The van der Waals surface area contributed by atoms with Gasteiger partial charge in [0, 0.05) is 17.5 Å². The zero-order valence-electron chi connectivity index (χ0n) is 9.09. The summed E-state index contributed by atoms with van der Waals surface area (Å²) in [6, 6.07) is 3.43. The number of aromatic nitrogens is 4. The van der Waals surface area contributed by atoms with Crippen molar-refractivity contribution in [2.75, 3.05) is 5.73 Å². The fourth-order valence-electron chi connectivity index (χ4n) is 1.21. The number of thioether (sulfide) groups is 1. The highest BCUT2D eigenvalue weighted by molar-refractivity contribution is 7.98. The second kappa shape index (κ2) is 5.29.